The van der Waals surface area contributed by atoms with Gasteiger partial charge in [0.15, 0.2) is 0 Å². The molecule has 2 N–H and O–H groups in total. The topological polar surface area (TPSA) is 75.6 Å². The molecule has 0 aromatic rings. The van der Waals surface area contributed by atoms with E-state index in [1.54, 1.807) is 0 Å². The molecule has 0 saturated carbocycles. The Bertz CT molecular complexity index is 396. The zero-order chi connectivity index (χ0) is 16.2. The monoisotopic (exact) mass is 305 g/mol. The molecule has 10 heteroatoms. The second-order valence-electron chi connectivity index (χ2n) is 3.99. The van der Waals surface area contributed by atoms with E-state index in [2.05, 4.69) is 11.3 Å². The van der Waals surface area contributed by atoms with Crippen molar-refractivity contribution in [2.75, 3.05) is 6.61 Å². The second-order valence-corrected chi connectivity index (χ2v) is 3.99. The fourth-order valence-corrected chi connectivity index (χ4v) is 1.24. The van der Waals surface area contributed by atoms with Crippen LogP contribution in [-0.4, -0.2) is 41.4 Å². The Balaban J connectivity index is 5.35. The SMILES string of the molecule is C=CCOC(=O)NC(C)(CC(=O)O)C(F)(F)C(F)(F)F. The molecular weight excluding hydrogens is 293 g/mol. The van der Waals surface area contributed by atoms with Crippen LogP contribution in [0.3, 0.4) is 0 Å². The number of hydrogen-bond acceptors (Lipinski definition) is 3. The van der Waals surface area contributed by atoms with Crippen molar-refractivity contribution in [1.82, 2.24) is 5.32 Å². The molecule has 0 aromatic heterocycles. The van der Waals surface area contributed by atoms with Gasteiger partial charge in [0.05, 0.1) is 6.42 Å². The van der Waals surface area contributed by atoms with Crippen molar-refractivity contribution in [3.63, 3.8) is 0 Å². The molecule has 1 atom stereocenters. The largest absolute Gasteiger partial charge is 0.481 e. The fraction of sp³-hybridized carbons (Fsp3) is 0.600. The molecule has 0 aliphatic carbocycles. The van der Waals surface area contributed by atoms with Gasteiger partial charge in [-0.15, -0.1) is 0 Å². The maximum absolute atomic E-state index is 13.3. The standard InChI is InChI=1S/C10H12F5NO4/c1-3-4-20-7(19)16-8(2,5-6(17)18)9(11,12)10(13,14)15/h3H,1,4-5H2,2H3,(H,16,19)(H,17,18). The van der Waals surface area contributed by atoms with Crippen LogP contribution in [0.4, 0.5) is 26.7 Å². The highest BCUT2D eigenvalue weighted by Gasteiger charge is 2.69. The van der Waals surface area contributed by atoms with Crippen molar-refractivity contribution < 1.29 is 41.4 Å². The van der Waals surface area contributed by atoms with E-state index in [1.807, 2.05) is 0 Å². The molecule has 1 amide bonds. The molecule has 0 aliphatic rings. The Morgan fingerprint density at radius 1 is 1.30 bits per heavy atom. The number of rotatable bonds is 6. The molecule has 0 heterocycles. The third kappa shape index (κ3) is 4.07. The average Bonchev–Trinajstić information content (AvgIpc) is 2.23. The molecular formula is C10H12F5NO4. The lowest BCUT2D eigenvalue weighted by atomic mass is 9.89. The number of nitrogens with one attached hydrogen (secondary N) is 1. The highest BCUT2D eigenvalue weighted by Crippen LogP contribution is 2.44. The highest BCUT2D eigenvalue weighted by molar-refractivity contribution is 5.73. The number of halogens is 5. The average molecular weight is 305 g/mol. The van der Waals surface area contributed by atoms with Crippen molar-refractivity contribution in [2.45, 2.75) is 31.0 Å². The van der Waals surface area contributed by atoms with Gasteiger partial charge >= 0.3 is 24.2 Å². The number of carboxylic acid groups (broad SMARTS) is 1. The summed E-state index contributed by atoms with van der Waals surface area (Å²) in [4.78, 5) is 21.6. The first-order valence-corrected chi connectivity index (χ1v) is 5.09. The van der Waals surface area contributed by atoms with Crippen LogP contribution in [0, 0.1) is 0 Å². The Labute approximate surface area is 110 Å². The predicted molar refractivity (Wildman–Crippen MR) is 56.3 cm³/mol. The predicted octanol–water partition coefficient (Wildman–Crippen LogP) is 2.33. The maximum Gasteiger partial charge on any atom is 0.455 e. The Kier molecular flexibility index (Phi) is 5.49. The Hall–Kier alpha value is -1.87. The van der Waals surface area contributed by atoms with Gasteiger partial charge in [-0.2, -0.15) is 22.0 Å². The number of carbonyl (C=O) groups is 2. The molecule has 0 aliphatic heterocycles. The number of carboxylic acids is 1. The van der Waals surface area contributed by atoms with Crippen LogP contribution in [0.5, 0.6) is 0 Å². The Morgan fingerprint density at radius 3 is 2.15 bits per heavy atom. The first-order chi connectivity index (χ1) is 8.87. The van der Waals surface area contributed by atoms with Crippen LogP contribution in [0.15, 0.2) is 12.7 Å². The van der Waals surface area contributed by atoms with E-state index >= 15 is 0 Å². The van der Waals surface area contributed by atoms with Crippen LogP contribution in [0.25, 0.3) is 0 Å². The summed E-state index contributed by atoms with van der Waals surface area (Å²) in [5.41, 5.74) is -3.39. The van der Waals surface area contributed by atoms with Crippen LogP contribution in [0.2, 0.25) is 0 Å². The Morgan fingerprint density at radius 2 is 1.80 bits per heavy atom. The minimum atomic E-state index is -6.04. The number of alkyl halides is 5. The van der Waals surface area contributed by atoms with Gasteiger partial charge in [-0.3, -0.25) is 4.79 Å². The summed E-state index contributed by atoms with van der Waals surface area (Å²) in [5.74, 6) is -7.41. The van der Waals surface area contributed by atoms with Crippen LogP contribution in [-0.2, 0) is 9.53 Å². The van der Waals surface area contributed by atoms with Gasteiger partial charge in [0.1, 0.15) is 12.1 Å². The number of hydrogen-bond donors (Lipinski definition) is 2. The normalized spacial score (nSPS) is 15.1. The molecule has 0 bridgehead atoms. The van der Waals surface area contributed by atoms with E-state index < -0.39 is 42.7 Å². The molecule has 0 rings (SSSR count). The highest BCUT2D eigenvalue weighted by atomic mass is 19.4. The molecule has 0 radical (unpaired) electrons. The summed E-state index contributed by atoms with van der Waals surface area (Å²) in [5, 5.41) is 9.70. The number of carbonyl (C=O) groups excluding carboxylic acids is 1. The minimum Gasteiger partial charge on any atom is -0.481 e. The molecule has 20 heavy (non-hydrogen) atoms. The van der Waals surface area contributed by atoms with E-state index in [4.69, 9.17) is 5.11 Å². The van der Waals surface area contributed by atoms with Gasteiger partial charge in [-0.05, 0) is 6.92 Å². The lowest BCUT2D eigenvalue weighted by Gasteiger charge is -2.37. The molecule has 116 valence electrons. The van der Waals surface area contributed by atoms with Gasteiger partial charge in [0, 0.05) is 0 Å². The minimum absolute atomic E-state index is 0.268. The molecule has 0 fully saturated rings. The second kappa shape index (κ2) is 6.06. The van der Waals surface area contributed by atoms with E-state index in [0.29, 0.717) is 0 Å². The van der Waals surface area contributed by atoms with Crippen molar-refractivity contribution in [1.29, 1.82) is 0 Å². The third-order valence-corrected chi connectivity index (χ3v) is 2.26. The number of aliphatic carboxylic acids is 1. The third-order valence-electron chi connectivity index (χ3n) is 2.26. The van der Waals surface area contributed by atoms with E-state index in [9.17, 15) is 31.5 Å². The number of ether oxygens (including phenoxy) is 1. The van der Waals surface area contributed by atoms with E-state index in [1.165, 1.54) is 5.32 Å². The summed E-state index contributed by atoms with van der Waals surface area (Å²) in [6, 6.07) is 0. The zero-order valence-corrected chi connectivity index (χ0v) is 10.3. The number of alkyl carbamates (subject to hydrolysis) is 1. The van der Waals surface area contributed by atoms with Crippen molar-refractivity contribution >= 4 is 12.1 Å². The summed E-state index contributed by atoms with van der Waals surface area (Å²) in [6.07, 6.45) is -8.25. The van der Waals surface area contributed by atoms with Gasteiger partial charge in [-0.1, -0.05) is 12.7 Å². The quantitative estimate of drug-likeness (QED) is 0.583. The van der Waals surface area contributed by atoms with Crippen molar-refractivity contribution in [3.8, 4) is 0 Å². The van der Waals surface area contributed by atoms with E-state index in [0.717, 1.165) is 6.08 Å². The lowest BCUT2D eigenvalue weighted by Crippen LogP contribution is -2.65. The van der Waals surface area contributed by atoms with Crippen LogP contribution >= 0.6 is 0 Å². The lowest BCUT2D eigenvalue weighted by molar-refractivity contribution is -0.308. The molecule has 1 unspecified atom stereocenters. The van der Waals surface area contributed by atoms with Gasteiger partial charge in [-0.25, -0.2) is 4.79 Å². The smallest absolute Gasteiger partial charge is 0.455 e. The summed E-state index contributed by atoms with van der Waals surface area (Å²) < 4.78 is 67.9. The molecule has 0 saturated heterocycles. The van der Waals surface area contributed by atoms with Crippen LogP contribution in [0.1, 0.15) is 13.3 Å². The van der Waals surface area contributed by atoms with Gasteiger partial charge < -0.3 is 15.2 Å². The van der Waals surface area contributed by atoms with Crippen molar-refractivity contribution in [2.24, 2.45) is 0 Å². The fourth-order valence-electron chi connectivity index (χ4n) is 1.24. The zero-order valence-electron chi connectivity index (χ0n) is 10.3. The first kappa shape index (κ1) is 18.1. The van der Waals surface area contributed by atoms with Gasteiger partial charge in [0.2, 0.25) is 0 Å². The maximum atomic E-state index is 13.3. The summed E-state index contributed by atoms with van der Waals surface area (Å²) >= 11 is 0. The first-order valence-electron chi connectivity index (χ1n) is 5.09. The molecule has 5 nitrogen and oxygen atoms in total. The molecule has 0 spiro atoms. The van der Waals surface area contributed by atoms with Gasteiger partial charge in [0.25, 0.3) is 0 Å². The molecule has 0 aromatic carbocycles. The van der Waals surface area contributed by atoms with E-state index in [-0.39, 0.29) is 6.92 Å². The summed E-state index contributed by atoms with van der Waals surface area (Å²) in [6.45, 7) is 2.97. The number of amides is 1. The summed E-state index contributed by atoms with van der Waals surface area (Å²) in [7, 11) is 0. The van der Waals surface area contributed by atoms with Crippen LogP contribution < -0.4 is 5.32 Å². The van der Waals surface area contributed by atoms with Crippen molar-refractivity contribution in [3.05, 3.63) is 12.7 Å².